The number of ether oxygens (including phenoxy) is 1. The molecule has 1 aliphatic heterocycles. The predicted octanol–water partition coefficient (Wildman–Crippen LogP) is 7.32. The molecule has 1 aliphatic rings. The Hall–Kier alpha value is -2.08. The maximum atomic E-state index is 12.9. The number of nitrogens with one attached hydrogen (secondary N) is 1. The van der Waals surface area contributed by atoms with Crippen LogP contribution in [-0.4, -0.2) is 43.7 Å². The summed E-state index contributed by atoms with van der Waals surface area (Å²) in [4.78, 5) is 16.3. The van der Waals surface area contributed by atoms with Crippen molar-refractivity contribution in [3.63, 3.8) is 0 Å². The number of rotatable bonds is 14. The molecule has 0 radical (unpaired) electrons. The highest BCUT2D eigenvalue weighted by Gasteiger charge is 2.17. The number of nitrogens with zero attached hydrogens (tertiary/aromatic N) is 1. The summed E-state index contributed by atoms with van der Waals surface area (Å²) >= 11 is 1.73. The van der Waals surface area contributed by atoms with Crippen LogP contribution in [0, 0.1) is 5.92 Å². The van der Waals surface area contributed by atoms with E-state index in [0.29, 0.717) is 19.8 Å². The third-order valence-electron chi connectivity index (χ3n) is 5.88. The van der Waals surface area contributed by atoms with Crippen LogP contribution < -0.4 is 5.32 Å². The van der Waals surface area contributed by atoms with Gasteiger partial charge in [-0.3, -0.25) is 9.69 Å². The summed E-state index contributed by atoms with van der Waals surface area (Å²) in [7, 11) is 0. The Balaban J connectivity index is 3.39. The van der Waals surface area contributed by atoms with E-state index in [1.807, 2.05) is 6.08 Å². The molecule has 0 saturated carbocycles. The zero-order valence-electron chi connectivity index (χ0n) is 22.7. The van der Waals surface area contributed by atoms with E-state index in [4.69, 9.17) is 4.74 Å². The van der Waals surface area contributed by atoms with Crippen LogP contribution in [0.3, 0.4) is 0 Å². The van der Waals surface area contributed by atoms with Crippen LogP contribution in [0.2, 0.25) is 0 Å². The molecule has 0 aliphatic carbocycles. The Kier molecular flexibility index (Phi) is 16.1. The Labute approximate surface area is 218 Å². The van der Waals surface area contributed by atoms with Gasteiger partial charge in [-0.25, -0.2) is 0 Å². The Morgan fingerprint density at radius 2 is 1.77 bits per heavy atom. The third-order valence-corrected chi connectivity index (χ3v) is 6.94. The molecule has 0 aromatic carbocycles. The number of carbonyl (C=O) groups excluding carboxylic acids is 1. The summed E-state index contributed by atoms with van der Waals surface area (Å²) in [5.74, 6) is 0.245. The van der Waals surface area contributed by atoms with E-state index in [1.165, 1.54) is 4.91 Å². The minimum atomic E-state index is 0.0260. The molecule has 1 N–H and O–H groups in total. The largest absolute Gasteiger partial charge is 0.379 e. The van der Waals surface area contributed by atoms with Crippen molar-refractivity contribution in [1.82, 2.24) is 10.2 Å². The normalized spacial score (nSPS) is 18.2. The standard InChI is InChI=1S/C30H46N2O2S/c1-8-14-20-35-29(13-6)26(12-5)21-27(25(11-4)15-9-2)22-28(24(7)10-3)31-30(33)23-32-16-18-34-19-17-32/h11-15,20-22,24H,4,8-10,16-19,23H2,1-3,5-7H3,(H,31,33)/b20-14+,25-15+,26-12+,27-21-,28-22+,29-13-. The molecule has 194 valence electrons. The van der Waals surface area contributed by atoms with Crippen LogP contribution >= 0.6 is 11.8 Å². The fraction of sp³-hybridized carbons (Fsp3) is 0.500. The minimum absolute atomic E-state index is 0.0260. The summed E-state index contributed by atoms with van der Waals surface area (Å²) in [5.41, 5.74) is 4.21. The van der Waals surface area contributed by atoms with Crippen LogP contribution in [0.1, 0.15) is 60.8 Å². The second-order valence-corrected chi connectivity index (χ2v) is 9.46. The number of thioether (sulfide) groups is 1. The zero-order chi connectivity index (χ0) is 26.1. The highest BCUT2D eigenvalue weighted by atomic mass is 32.2. The van der Waals surface area contributed by atoms with Gasteiger partial charge in [0.05, 0.1) is 19.8 Å². The molecular formula is C30H46N2O2S. The number of allylic oxidation sites excluding steroid dienone is 11. The lowest BCUT2D eigenvalue weighted by atomic mass is 9.96. The first-order valence-electron chi connectivity index (χ1n) is 12.9. The minimum Gasteiger partial charge on any atom is -0.379 e. The van der Waals surface area contributed by atoms with Gasteiger partial charge in [0.15, 0.2) is 0 Å². The smallest absolute Gasteiger partial charge is 0.238 e. The molecule has 0 bridgehead atoms. The van der Waals surface area contributed by atoms with E-state index in [2.05, 4.69) is 100 Å². The molecule has 1 fully saturated rings. The molecule has 0 aromatic heterocycles. The van der Waals surface area contributed by atoms with Crippen LogP contribution in [0.5, 0.6) is 0 Å². The third kappa shape index (κ3) is 11.5. The van der Waals surface area contributed by atoms with Crippen LogP contribution in [0.25, 0.3) is 0 Å². The van der Waals surface area contributed by atoms with Crippen LogP contribution in [-0.2, 0) is 9.53 Å². The quantitative estimate of drug-likeness (QED) is 0.255. The van der Waals surface area contributed by atoms with Crippen molar-refractivity contribution in [1.29, 1.82) is 0 Å². The van der Waals surface area contributed by atoms with Crippen LogP contribution in [0.15, 0.2) is 81.8 Å². The molecule has 4 nitrogen and oxygen atoms in total. The Bertz CT molecular complexity index is 856. The number of hydrogen-bond acceptors (Lipinski definition) is 4. The summed E-state index contributed by atoms with van der Waals surface area (Å²) in [6.45, 7) is 20.1. The van der Waals surface area contributed by atoms with Gasteiger partial charge in [0, 0.05) is 23.7 Å². The van der Waals surface area contributed by atoms with Crippen LogP contribution in [0.4, 0.5) is 0 Å². The fourth-order valence-corrected chi connectivity index (χ4v) is 4.47. The number of morpholine rings is 1. The van der Waals surface area contributed by atoms with Crippen molar-refractivity contribution in [2.75, 3.05) is 32.8 Å². The van der Waals surface area contributed by atoms with Gasteiger partial charge < -0.3 is 10.1 Å². The topological polar surface area (TPSA) is 41.6 Å². The second kappa shape index (κ2) is 18.2. The molecule has 1 heterocycles. The average molecular weight is 499 g/mol. The number of hydrogen-bond donors (Lipinski definition) is 1. The van der Waals surface area contributed by atoms with E-state index in [1.54, 1.807) is 11.8 Å². The van der Waals surface area contributed by atoms with Gasteiger partial charge in [-0.2, -0.15) is 0 Å². The van der Waals surface area contributed by atoms with Gasteiger partial charge in [-0.15, -0.1) is 0 Å². The van der Waals surface area contributed by atoms with Gasteiger partial charge in [-0.1, -0.05) is 76.4 Å². The molecule has 1 rings (SSSR count). The van der Waals surface area contributed by atoms with Crippen molar-refractivity contribution < 1.29 is 9.53 Å². The lowest BCUT2D eigenvalue weighted by Crippen LogP contribution is -2.43. The molecule has 1 unspecified atom stereocenters. The SMILES string of the molecule is C=CC(=C\CC)/C(=C\C(=C/C)C(=C\C)\S/C=C/CC)/C=C(/NC(=O)CN1CCOCC1)C(C)CC. The first kappa shape index (κ1) is 31.0. The van der Waals surface area contributed by atoms with Gasteiger partial charge in [-0.05, 0) is 73.3 Å². The summed E-state index contributed by atoms with van der Waals surface area (Å²) in [6.07, 6.45) is 17.8. The maximum absolute atomic E-state index is 12.9. The van der Waals surface area contributed by atoms with Crippen molar-refractivity contribution in [2.24, 2.45) is 5.92 Å². The van der Waals surface area contributed by atoms with Crippen molar-refractivity contribution >= 4 is 17.7 Å². The highest BCUT2D eigenvalue weighted by molar-refractivity contribution is 8.06. The second-order valence-electron chi connectivity index (χ2n) is 8.51. The molecule has 0 aromatic rings. The molecule has 1 atom stereocenters. The van der Waals surface area contributed by atoms with E-state index < -0.39 is 0 Å². The van der Waals surface area contributed by atoms with E-state index in [-0.39, 0.29) is 11.8 Å². The zero-order valence-corrected chi connectivity index (χ0v) is 23.5. The molecular weight excluding hydrogens is 452 g/mol. The van der Waals surface area contributed by atoms with Gasteiger partial charge in [0.2, 0.25) is 5.91 Å². The van der Waals surface area contributed by atoms with Gasteiger partial charge in [0.25, 0.3) is 0 Å². The summed E-state index contributed by atoms with van der Waals surface area (Å²) in [5, 5.41) is 5.38. The van der Waals surface area contributed by atoms with Crippen molar-refractivity contribution in [3.8, 4) is 0 Å². The average Bonchev–Trinajstić information content (AvgIpc) is 2.87. The van der Waals surface area contributed by atoms with Crippen molar-refractivity contribution in [2.45, 2.75) is 60.8 Å². The molecule has 1 amide bonds. The predicted molar refractivity (Wildman–Crippen MR) is 154 cm³/mol. The number of carbonyl (C=O) groups is 1. The van der Waals surface area contributed by atoms with Crippen molar-refractivity contribution in [3.05, 3.63) is 81.8 Å². The first-order valence-corrected chi connectivity index (χ1v) is 13.8. The van der Waals surface area contributed by atoms with Gasteiger partial charge >= 0.3 is 0 Å². The Morgan fingerprint density at radius 3 is 2.31 bits per heavy atom. The fourth-order valence-electron chi connectivity index (χ4n) is 3.58. The maximum Gasteiger partial charge on any atom is 0.238 e. The summed E-state index contributed by atoms with van der Waals surface area (Å²) < 4.78 is 5.42. The van der Waals surface area contributed by atoms with Gasteiger partial charge in [0.1, 0.15) is 0 Å². The first-order chi connectivity index (χ1) is 16.9. The molecule has 35 heavy (non-hydrogen) atoms. The number of amides is 1. The highest BCUT2D eigenvalue weighted by Crippen LogP contribution is 2.30. The van der Waals surface area contributed by atoms with E-state index in [9.17, 15) is 4.79 Å². The lowest BCUT2D eigenvalue weighted by Gasteiger charge is -2.26. The van der Waals surface area contributed by atoms with E-state index in [0.717, 1.165) is 54.8 Å². The Morgan fingerprint density at radius 1 is 1.06 bits per heavy atom. The van der Waals surface area contributed by atoms with E-state index >= 15 is 0 Å². The lowest BCUT2D eigenvalue weighted by molar-refractivity contribution is -0.122. The molecule has 5 heteroatoms. The monoisotopic (exact) mass is 498 g/mol. The summed E-state index contributed by atoms with van der Waals surface area (Å²) in [6, 6.07) is 0. The molecule has 0 spiro atoms. The molecule has 1 saturated heterocycles.